The molecule has 0 aliphatic carbocycles. The normalized spacial score (nSPS) is 12.8. The van der Waals surface area contributed by atoms with Crippen LogP contribution in [0.1, 0.15) is 60.8 Å². The highest BCUT2D eigenvalue weighted by Crippen LogP contribution is 2.34. The Kier molecular flexibility index (Phi) is 7.37. The van der Waals surface area contributed by atoms with E-state index in [1.165, 1.54) is 28.5 Å². The maximum absolute atomic E-state index is 13.4. The molecule has 0 bridgehead atoms. The second-order valence-electron chi connectivity index (χ2n) is 8.10. The summed E-state index contributed by atoms with van der Waals surface area (Å²) in [6.07, 6.45) is -1.64. The molecule has 3 aromatic rings. The largest absolute Gasteiger partial charge is 0.481 e. The Morgan fingerprint density at radius 3 is 2.45 bits per heavy atom. The van der Waals surface area contributed by atoms with E-state index in [0.717, 1.165) is 19.3 Å². The average Bonchev–Trinajstić information content (AvgIpc) is 2.74. The summed E-state index contributed by atoms with van der Waals surface area (Å²) in [5, 5.41) is 11.2. The highest BCUT2D eigenvalue weighted by molar-refractivity contribution is 5.86. The van der Waals surface area contributed by atoms with Crippen molar-refractivity contribution in [3.8, 4) is 0 Å². The Hall–Kier alpha value is -2.82. The molecule has 3 aromatic carbocycles. The van der Waals surface area contributed by atoms with Crippen molar-refractivity contribution in [1.29, 1.82) is 0 Å². The van der Waals surface area contributed by atoms with E-state index >= 15 is 0 Å². The van der Waals surface area contributed by atoms with Crippen LogP contribution in [0.25, 0.3) is 10.8 Å². The molecule has 3 rings (SSSR count). The molecule has 0 aliphatic heterocycles. The minimum absolute atomic E-state index is 0.0447. The van der Waals surface area contributed by atoms with Crippen LogP contribution in [-0.4, -0.2) is 11.1 Å². The monoisotopic (exact) mass is 428 g/mol. The molecule has 0 saturated heterocycles. The minimum Gasteiger partial charge on any atom is -0.481 e. The summed E-state index contributed by atoms with van der Waals surface area (Å²) in [4.78, 5) is 10.7. The number of hydrogen-bond donors (Lipinski definition) is 1. The number of carbonyl (C=O) groups is 1. The number of benzene rings is 3. The Labute approximate surface area is 180 Å². The smallest absolute Gasteiger partial charge is 0.416 e. The molecule has 1 N–H and O–H groups in total. The molecule has 0 amide bonds. The molecule has 0 heterocycles. The van der Waals surface area contributed by atoms with Gasteiger partial charge in [0.2, 0.25) is 0 Å². The molecule has 0 aromatic heterocycles. The molecule has 31 heavy (non-hydrogen) atoms. The van der Waals surface area contributed by atoms with Crippen LogP contribution in [-0.2, 0) is 23.8 Å². The van der Waals surface area contributed by atoms with Crippen LogP contribution in [0, 0.1) is 0 Å². The Bertz CT molecular complexity index is 1030. The molecule has 1 atom stereocenters. The third-order valence-corrected chi connectivity index (χ3v) is 5.79. The number of unbranched alkanes of at least 4 members (excludes halogenated alkanes) is 1. The van der Waals surface area contributed by atoms with E-state index < -0.39 is 17.7 Å². The van der Waals surface area contributed by atoms with Crippen molar-refractivity contribution in [1.82, 2.24) is 0 Å². The summed E-state index contributed by atoms with van der Waals surface area (Å²) < 4.78 is 40.2. The van der Waals surface area contributed by atoms with Crippen molar-refractivity contribution in [3.63, 3.8) is 0 Å². The van der Waals surface area contributed by atoms with Crippen molar-refractivity contribution < 1.29 is 23.1 Å². The number of carboxylic acid groups (broad SMARTS) is 1. The van der Waals surface area contributed by atoms with Gasteiger partial charge in [-0.1, -0.05) is 67.9 Å². The van der Waals surface area contributed by atoms with Gasteiger partial charge in [0.05, 0.1) is 5.56 Å². The summed E-state index contributed by atoms with van der Waals surface area (Å²) in [5.74, 6) is -0.729. The molecule has 5 heteroatoms. The Morgan fingerprint density at radius 2 is 1.71 bits per heavy atom. The van der Waals surface area contributed by atoms with Gasteiger partial charge in [-0.3, -0.25) is 4.79 Å². The van der Waals surface area contributed by atoms with Gasteiger partial charge in [-0.2, -0.15) is 13.2 Å². The molecule has 0 saturated carbocycles. The molecule has 0 radical (unpaired) electrons. The maximum Gasteiger partial charge on any atom is 0.416 e. The van der Waals surface area contributed by atoms with E-state index in [1.807, 2.05) is 12.1 Å². The molecule has 0 aliphatic rings. The van der Waals surface area contributed by atoms with Gasteiger partial charge in [-0.05, 0) is 65.1 Å². The molecule has 164 valence electrons. The lowest BCUT2D eigenvalue weighted by molar-refractivity contribution is -0.140. The van der Waals surface area contributed by atoms with Gasteiger partial charge in [0.15, 0.2) is 0 Å². The van der Waals surface area contributed by atoms with Crippen molar-refractivity contribution in [3.05, 3.63) is 82.9 Å². The van der Waals surface area contributed by atoms with Gasteiger partial charge >= 0.3 is 12.1 Å². The highest BCUT2D eigenvalue weighted by atomic mass is 19.4. The molecule has 2 nitrogen and oxygen atoms in total. The van der Waals surface area contributed by atoms with Crippen molar-refractivity contribution in [2.75, 3.05) is 0 Å². The van der Waals surface area contributed by atoms with E-state index in [9.17, 15) is 18.0 Å². The Morgan fingerprint density at radius 1 is 0.968 bits per heavy atom. The summed E-state index contributed by atoms with van der Waals surface area (Å²) in [6.45, 7) is 2.20. The van der Waals surface area contributed by atoms with E-state index in [4.69, 9.17) is 5.11 Å². The number of halogens is 3. The first-order valence-corrected chi connectivity index (χ1v) is 10.6. The number of carboxylic acids is 1. The number of hydrogen-bond acceptors (Lipinski definition) is 1. The van der Waals surface area contributed by atoms with Gasteiger partial charge < -0.3 is 5.11 Å². The SMILES string of the molecule is C[C@@H](CCCCc1ccc(CCC(=O)O)c(C(F)(F)F)c1)c1cccc2ccccc12. The van der Waals surface area contributed by atoms with Crippen LogP contribution >= 0.6 is 0 Å². The van der Waals surface area contributed by atoms with E-state index in [1.54, 1.807) is 6.07 Å². The fourth-order valence-corrected chi connectivity index (χ4v) is 4.12. The van der Waals surface area contributed by atoms with Gasteiger partial charge in [-0.15, -0.1) is 0 Å². The third-order valence-electron chi connectivity index (χ3n) is 5.79. The number of aryl methyl sites for hydroxylation is 2. The van der Waals surface area contributed by atoms with Crippen molar-refractivity contribution in [2.24, 2.45) is 0 Å². The van der Waals surface area contributed by atoms with Crippen molar-refractivity contribution in [2.45, 2.75) is 57.5 Å². The minimum atomic E-state index is -4.48. The van der Waals surface area contributed by atoms with Crippen LogP contribution in [0.3, 0.4) is 0 Å². The lowest BCUT2D eigenvalue weighted by Gasteiger charge is -2.16. The summed E-state index contributed by atoms with van der Waals surface area (Å²) >= 11 is 0. The zero-order chi connectivity index (χ0) is 22.4. The zero-order valence-corrected chi connectivity index (χ0v) is 17.6. The first-order valence-electron chi connectivity index (χ1n) is 10.6. The van der Waals surface area contributed by atoms with Crippen LogP contribution in [0.2, 0.25) is 0 Å². The quantitative estimate of drug-likeness (QED) is 0.361. The zero-order valence-electron chi connectivity index (χ0n) is 17.6. The molecule has 0 fully saturated rings. The summed E-state index contributed by atoms with van der Waals surface area (Å²) in [6, 6.07) is 18.9. The standard InChI is InChI=1S/C26H27F3O2/c1-18(22-12-6-10-20-9-4-5-11-23(20)22)7-2-3-8-19-13-14-21(15-16-25(30)31)24(17-19)26(27,28)29/h4-6,9-14,17-18H,2-3,7-8,15-16H2,1H3,(H,30,31)/t18-/m0/s1. The number of alkyl halides is 3. The van der Waals surface area contributed by atoms with E-state index in [0.29, 0.717) is 17.9 Å². The van der Waals surface area contributed by atoms with Crippen LogP contribution in [0.4, 0.5) is 13.2 Å². The van der Waals surface area contributed by atoms with Crippen molar-refractivity contribution >= 4 is 16.7 Å². The fraction of sp³-hybridized carbons (Fsp3) is 0.346. The number of rotatable bonds is 9. The lowest BCUT2D eigenvalue weighted by atomic mass is 9.90. The molecule has 0 unspecified atom stereocenters. The average molecular weight is 428 g/mol. The number of aliphatic carboxylic acids is 1. The predicted molar refractivity (Wildman–Crippen MR) is 117 cm³/mol. The second-order valence-corrected chi connectivity index (χ2v) is 8.10. The summed E-state index contributed by atoms with van der Waals surface area (Å²) in [7, 11) is 0. The Balaban J connectivity index is 1.60. The van der Waals surface area contributed by atoms with E-state index in [-0.39, 0.29) is 18.4 Å². The van der Waals surface area contributed by atoms with Crippen LogP contribution < -0.4 is 0 Å². The lowest BCUT2D eigenvalue weighted by Crippen LogP contribution is -2.11. The van der Waals surface area contributed by atoms with Gasteiger partial charge in [0.25, 0.3) is 0 Å². The highest BCUT2D eigenvalue weighted by Gasteiger charge is 2.33. The molecular weight excluding hydrogens is 401 g/mol. The van der Waals surface area contributed by atoms with Gasteiger partial charge in [0.1, 0.15) is 0 Å². The first-order chi connectivity index (χ1) is 14.8. The molecular formula is C26H27F3O2. The van der Waals surface area contributed by atoms with E-state index in [2.05, 4.69) is 37.3 Å². The predicted octanol–water partition coefficient (Wildman–Crippen LogP) is 7.39. The summed E-state index contributed by atoms with van der Waals surface area (Å²) in [5.41, 5.74) is 1.28. The maximum atomic E-state index is 13.4. The third kappa shape index (κ3) is 6.09. The first kappa shape index (κ1) is 22.9. The topological polar surface area (TPSA) is 37.3 Å². The second kappa shape index (κ2) is 9.99. The molecule has 0 spiro atoms. The number of fused-ring (bicyclic) bond motifs is 1. The van der Waals surface area contributed by atoms with Crippen LogP contribution in [0.15, 0.2) is 60.7 Å². The fourth-order valence-electron chi connectivity index (χ4n) is 4.12. The van der Waals surface area contributed by atoms with Gasteiger partial charge in [0, 0.05) is 6.42 Å². The van der Waals surface area contributed by atoms with Gasteiger partial charge in [-0.25, -0.2) is 0 Å². The van der Waals surface area contributed by atoms with Crippen LogP contribution in [0.5, 0.6) is 0 Å².